The van der Waals surface area contributed by atoms with Crippen molar-refractivity contribution in [3.05, 3.63) is 23.8 Å². The van der Waals surface area contributed by atoms with Gasteiger partial charge in [0.15, 0.2) is 11.5 Å². The highest BCUT2D eigenvalue weighted by Gasteiger charge is 2.26. The van der Waals surface area contributed by atoms with Crippen LogP contribution in [0.4, 0.5) is 0 Å². The molecule has 2 rings (SSSR count). The van der Waals surface area contributed by atoms with Crippen LogP contribution in [0.15, 0.2) is 18.2 Å². The molecular formula is C15H23ClN2O3. The minimum atomic E-state index is 0. The molecule has 5 nitrogen and oxygen atoms in total. The van der Waals surface area contributed by atoms with E-state index in [0.29, 0.717) is 30.3 Å². The Morgan fingerprint density at radius 1 is 1.24 bits per heavy atom. The van der Waals surface area contributed by atoms with Gasteiger partial charge in [0.25, 0.3) is 5.91 Å². The van der Waals surface area contributed by atoms with Gasteiger partial charge in [-0.3, -0.25) is 4.79 Å². The van der Waals surface area contributed by atoms with Gasteiger partial charge in [-0.1, -0.05) is 0 Å². The first-order chi connectivity index (χ1) is 9.67. The van der Waals surface area contributed by atoms with Gasteiger partial charge >= 0.3 is 0 Å². The van der Waals surface area contributed by atoms with Gasteiger partial charge < -0.3 is 19.7 Å². The lowest BCUT2D eigenvalue weighted by Gasteiger charge is -2.35. The molecule has 21 heavy (non-hydrogen) atoms. The fourth-order valence-electron chi connectivity index (χ4n) is 2.10. The number of ether oxygens (including phenoxy) is 2. The summed E-state index contributed by atoms with van der Waals surface area (Å²) in [5, 5.41) is 3.17. The molecule has 1 N–H and O–H groups in total. The molecule has 1 fully saturated rings. The van der Waals surface area contributed by atoms with Crippen LogP contribution in [0.5, 0.6) is 11.5 Å². The molecule has 1 saturated heterocycles. The van der Waals surface area contributed by atoms with E-state index in [9.17, 15) is 4.79 Å². The highest BCUT2D eigenvalue weighted by Crippen LogP contribution is 2.29. The number of benzene rings is 1. The number of nitrogens with one attached hydrogen (secondary N) is 1. The van der Waals surface area contributed by atoms with Crippen molar-refractivity contribution in [2.45, 2.75) is 19.9 Å². The zero-order valence-corrected chi connectivity index (χ0v) is 13.5. The van der Waals surface area contributed by atoms with Gasteiger partial charge in [0.2, 0.25) is 0 Å². The quantitative estimate of drug-likeness (QED) is 0.872. The van der Waals surface area contributed by atoms with Gasteiger partial charge in [-0.2, -0.15) is 0 Å². The summed E-state index contributed by atoms with van der Waals surface area (Å²) in [7, 11) is 1.84. The molecular weight excluding hydrogens is 292 g/mol. The third kappa shape index (κ3) is 4.02. The Bertz CT molecular complexity index is 478. The Kier molecular flexibility index (Phi) is 6.78. The third-order valence-corrected chi connectivity index (χ3v) is 3.42. The van der Waals surface area contributed by atoms with Crippen molar-refractivity contribution in [1.29, 1.82) is 0 Å². The van der Waals surface area contributed by atoms with Crippen molar-refractivity contribution in [1.82, 2.24) is 10.2 Å². The van der Waals surface area contributed by atoms with Crippen molar-refractivity contribution in [3.63, 3.8) is 0 Å². The molecule has 0 bridgehead atoms. The fourth-order valence-corrected chi connectivity index (χ4v) is 2.10. The average Bonchev–Trinajstić information content (AvgIpc) is 2.38. The second-order valence-corrected chi connectivity index (χ2v) is 4.76. The third-order valence-electron chi connectivity index (χ3n) is 3.42. The molecule has 0 atom stereocenters. The van der Waals surface area contributed by atoms with E-state index in [4.69, 9.17) is 9.47 Å². The molecule has 6 heteroatoms. The maximum atomic E-state index is 12.4. The smallest absolute Gasteiger partial charge is 0.254 e. The van der Waals surface area contributed by atoms with Gasteiger partial charge in [0, 0.05) is 25.7 Å². The summed E-state index contributed by atoms with van der Waals surface area (Å²) in [5.41, 5.74) is 0.631. The van der Waals surface area contributed by atoms with E-state index in [1.807, 2.05) is 20.9 Å². The molecule has 0 spiro atoms. The molecule has 1 heterocycles. The van der Waals surface area contributed by atoms with Crippen LogP contribution in [0, 0.1) is 0 Å². The molecule has 1 aromatic carbocycles. The summed E-state index contributed by atoms with van der Waals surface area (Å²) in [4.78, 5) is 14.2. The molecule has 1 amide bonds. The van der Waals surface area contributed by atoms with E-state index in [2.05, 4.69) is 5.32 Å². The van der Waals surface area contributed by atoms with Gasteiger partial charge in [0.05, 0.1) is 19.3 Å². The van der Waals surface area contributed by atoms with Crippen molar-refractivity contribution in [2.75, 3.05) is 33.4 Å². The van der Waals surface area contributed by atoms with Gasteiger partial charge in [-0.05, 0) is 32.0 Å². The number of amides is 1. The van der Waals surface area contributed by atoms with Crippen LogP contribution in [0.25, 0.3) is 0 Å². The largest absolute Gasteiger partial charge is 0.490 e. The summed E-state index contributed by atoms with van der Waals surface area (Å²) in [6, 6.07) is 5.64. The minimum Gasteiger partial charge on any atom is -0.490 e. The molecule has 0 radical (unpaired) electrons. The first kappa shape index (κ1) is 17.6. The summed E-state index contributed by atoms with van der Waals surface area (Å²) in [6.07, 6.45) is 0. The number of rotatable bonds is 6. The summed E-state index contributed by atoms with van der Waals surface area (Å²) in [5.74, 6) is 1.32. The molecule has 1 aliphatic rings. The summed E-state index contributed by atoms with van der Waals surface area (Å²) in [6.45, 7) is 6.67. The second-order valence-electron chi connectivity index (χ2n) is 4.76. The predicted molar refractivity (Wildman–Crippen MR) is 84.8 cm³/mol. The maximum Gasteiger partial charge on any atom is 0.254 e. The van der Waals surface area contributed by atoms with Crippen LogP contribution in [-0.4, -0.2) is 50.2 Å². The zero-order valence-electron chi connectivity index (χ0n) is 12.7. The summed E-state index contributed by atoms with van der Waals surface area (Å²) >= 11 is 0. The van der Waals surface area contributed by atoms with Crippen LogP contribution < -0.4 is 14.8 Å². The van der Waals surface area contributed by atoms with Crippen LogP contribution >= 0.6 is 12.4 Å². The van der Waals surface area contributed by atoms with Crippen LogP contribution in [-0.2, 0) is 0 Å². The maximum absolute atomic E-state index is 12.4. The molecule has 0 aliphatic carbocycles. The highest BCUT2D eigenvalue weighted by molar-refractivity contribution is 5.95. The monoisotopic (exact) mass is 314 g/mol. The van der Waals surface area contributed by atoms with Crippen molar-refractivity contribution >= 4 is 18.3 Å². The number of halogens is 1. The lowest BCUT2D eigenvalue weighted by molar-refractivity contribution is 0.0680. The Morgan fingerprint density at radius 3 is 2.38 bits per heavy atom. The van der Waals surface area contributed by atoms with Crippen LogP contribution in [0.1, 0.15) is 24.2 Å². The Labute approximate surface area is 132 Å². The molecule has 0 aromatic heterocycles. The minimum absolute atomic E-state index is 0. The van der Waals surface area contributed by atoms with Crippen molar-refractivity contribution in [2.24, 2.45) is 0 Å². The first-order valence-electron chi connectivity index (χ1n) is 7.04. The number of carbonyl (C=O) groups excluding carboxylic acids is 1. The van der Waals surface area contributed by atoms with Gasteiger partial charge in [-0.15, -0.1) is 12.4 Å². The lowest BCUT2D eigenvalue weighted by Crippen LogP contribution is -2.57. The number of carbonyl (C=O) groups is 1. The van der Waals surface area contributed by atoms with Crippen molar-refractivity contribution < 1.29 is 14.3 Å². The second kappa shape index (κ2) is 8.10. The predicted octanol–water partition coefficient (Wildman–Crippen LogP) is 1.95. The summed E-state index contributed by atoms with van der Waals surface area (Å²) < 4.78 is 11.1. The molecule has 1 aromatic rings. The highest BCUT2D eigenvalue weighted by atomic mass is 35.5. The Balaban J connectivity index is 0.00000220. The van der Waals surface area contributed by atoms with Gasteiger partial charge in [-0.25, -0.2) is 0 Å². The zero-order chi connectivity index (χ0) is 14.5. The van der Waals surface area contributed by atoms with Crippen LogP contribution in [0.3, 0.4) is 0 Å². The molecule has 1 aliphatic heterocycles. The fraction of sp³-hybridized carbons (Fsp3) is 0.533. The lowest BCUT2D eigenvalue weighted by atomic mass is 10.1. The van der Waals surface area contributed by atoms with E-state index >= 15 is 0 Å². The number of likely N-dealkylation sites (N-methyl/N-ethyl adjacent to an activating group) is 1. The average molecular weight is 315 g/mol. The van der Waals surface area contributed by atoms with E-state index in [-0.39, 0.29) is 24.4 Å². The van der Waals surface area contributed by atoms with E-state index in [1.165, 1.54) is 0 Å². The number of hydrogen-bond acceptors (Lipinski definition) is 4. The molecule has 0 saturated carbocycles. The topological polar surface area (TPSA) is 50.8 Å². The molecule has 0 unspecified atom stereocenters. The number of hydrogen-bond donors (Lipinski definition) is 1. The normalized spacial score (nSPS) is 13.9. The van der Waals surface area contributed by atoms with E-state index in [0.717, 1.165) is 13.1 Å². The first-order valence-corrected chi connectivity index (χ1v) is 7.04. The standard InChI is InChI=1S/C15H22N2O3.ClH/c1-4-19-13-7-6-11(8-14(13)20-5-2)15(18)17(3)12-9-16-10-12;/h6-8,12,16H,4-5,9-10H2,1-3H3;1H. The van der Waals surface area contributed by atoms with Gasteiger partial charge in [0.1, 0.15) is 0 Å². The van der Waals surface area contributed by atoms with E-state index < -0.39 is 0 Å². The SMILES string of the molecule is CCOc1ccc(C(=O)N(C)C2CNC2)cc1OCC.Cl. The van der Waals surface area contributed by atoms with Crippen LogP contribution in [0.2, 0.25) is 0 Å². The number of nitrogens with zero attached hydrogens (tertiary/aromatic N) is 1. The van der Waals surface area contributed by atoms with E-state index in [1.54, 1.807) is 23.1 Å². The van der Waals surface area contributed by atoms with Crippen molar-refractivity contribution in [3.8, 4) is 11.5 Å². The Hall–Kier alpha value is -1.46. The molecule has 118 valence electrons. The Morgan fingerprint density at radius 2 is 1.86 bits per heavy atom.